The van der Waals surface area contributed by atoms with E-state index in [1.54, 1.807) is 7.11 Å². The molecule has 0 fully saturated rings. The van der Waals surface area contributed by atoms with Crippen LogP contribution in [0.25, 0.3) is 0 Å². The Morgan fingerprint density at radius 2 is 1.74 bits per heavy atom. The molecular formula is C17H29NO. The van der Waals surface area contributed by atoms with E-state index >= 15 is 0 Å². The van der Waals surface area contributed by atoms with Crippen LogP contribution in [0.1, 0.15) is 64.6 Å². The van der Waals surface area contributed by atoms with Crippen LogP contribution in [0.4, 0.5) is 0 Å². The zero-order valence-electron chi connectivity index (χ0n) is 13.3. The number of hydrogen-bond acceptors (Lipinski definition) is 2. The van der Waals surface area contributed by atoms with Crippen molar-refractivity contribution in [1.82, 2.24) is 0 Å². The minimum Gasteiger partial charge on any atom is -0.496 e. The van der Waals surface area contributed by atoms with Crippen molar-refractivity contribution in [3.8, 4) is 5.75 Å². The van der Waals surface area contributed by atoms with Crippen LogP contribution in [0.3, 0.4) is 0 Å². The quantitative estimate of drug-likeness (QED) is 0.853. The monoisotopic (exact) mass is 263 g/mol. The SMILES string of the molecule is CCC(CC)C(N)c1cc(C(C)(C)C)ccc1OC. The minimum atomic E-state index is 0.0484. The Balaban J connectivity index is 3.22. The van der Waals surface area contributed by atoms with E-state index in [-0.39, 0.29) is 11.5 Å². The maximum atomic E-state index is 6.47. The van der Waals surface area contributed by atoms with Crippen molar-refractivity contribution in [2.24, 2.45) is 11.7 Å². The molecule has 0 aliphatic rings. The fourth-order valence-corrected chi connectivity index (χ4v) is 2.51. The van der Waals surface area contributed by atoms with Gasteiger partial charge in [-0.3, -0.25) is 0 Å². The van der Waals surface area contributed by atoms with Gasteiger partial charge in [0.1, 0.15) is 5.75 Å². The van der Waals surface area contributed by atoms with Crippen LogP contribution in [0.2, 0.25) is 0 Å². The zero-order valence-corrected chi connectivity index (χ0v) is 13.3. The normalized spacial score (nSPS) is 13.7. The summed E-state index contributed by atoms with van der Waals surface area (Å²) in [7, 11) is 1.72. The summed E-state index contributed by atoms with van der Waals surface area (Å²) in [5, 5.41) is 0. The standard InChI is InChI=1S/C17H29NO/c1-7-12(8-2)16(18)14-11-13(17(3,4)5)9-10-15(14)19-6/h9-12,16H,7-8,18H2,1-6H3. The fourth-order valence-electron chi connectivity index (χ4n) is 2.51. The van der Waals surface area contributed by atoms with E-state index in [0.29, 0.717) is 5.92 Å². The van der Waals surface area contributed by atoms with Crippen molar-refractivity contribution in [3.63, 3.8) is 0 Å². The van der Waals surface area contributed by atoms with E-state index in [0.717, 1.165) is 24.2 Å². The van der Waals surface area contributed by atoms with Gasteiger partial charge in [-0.05, 0) is 29.0 Å². The van der Waals surface area contributed by atoms with Crippen molar-refractivity contribution in [1.29, 1.82) is 0 Å². The van der Waals surface area contributed by atoms with Crippen LogP contribution in [0.15, 0.2) is 18.2 Å². The number of rotatable bonds is 5. The van der Waals surface area contributed by atoms with Gasteiger partial charge in [-0.15, -0.1) is 0 Å². The van der Waals surface area contributed by atoms with Crippen LogP contribution in [0, 0.1) is 5.92 Å². The summed E-state index contributed by atoms with van der Waals surface area (Å²) in [5.74, 6) is 1.41. The second-order valence-corrected chi connectivity index (χ2v) is 6.31. The third-order valence-electron chi connectivity index (χ3n) is 4.01. The third kappa shape index (κ3) is 3.73. The molecule has 1 aromatic rings. The highest BCUT2D eigenvalue weighted by Crippen LogP contribution is 2.35. The van der Waals surface area contributed by atoms with Gasteiger partial charge in [0.05, 0.1) is 7.11 Å². The number of hydrogen-bond donors (Lipinski definition) is 1. The second-order valence-electron chi connectivity index (χ2n) is 6.31. The molecule has 0 spiro atoms. The summed E-state index contributed by atoms with van der Waals surface area (Å²) in [4.78, 5) is 0. The maximum absolute atomic E-state index is 6.47. The molecule has 2 nitrogen and oxygen atoms in total. The predicted octanol–water partition coefficient (Wildman–Crippen LogP) is 4.43. The van der Waals surface area contributed by atoms with Gasteiger partial charge in [-0.25, -0.2) is 0 Å². The van der Waals surface area contributed by atoms with Crippen molar-refractivity contribution in [3.05, 3.63) is 29.3 Å². The summed E-state index contributed by atoms with van der Waals surface area (Å²) >= 11 is 0. The lowest BCUT2D eigenvalue weighted by Crippen LogP contribution is -2.22. The molecule has 0 aromatic heterocycles. The Morgan fingerprint density at radius 3 is 2.16 bits per heavy atom. The van der Waals surface area contributed by atoms with E-state index < -0.39 is 0 Å². The summed E-state index contributed by atoms with van der Waals surface area (Å²) in [6, 6.07) is 6.47. The number of benzene rings is 1. The molecule has 1 aromatic carbocycles. The molecule has 0 saturated heterocycles. The fraction of sp³-hybridized carbons (Fsp3) is 0.647. The first-order valence-corrected chi connectivity index (χ1v) is 7.29. The number of methoxy groups -OCH3 is 1. The van der Waals surface area contributed by atoms with Gasteiger partial charge < -0.3 is 10.5 Å². The average Bonchev–Trinajstić information content (AvgIpc) is 2.38. The van der Waals surface area contributed by atoms with Crippen LogP contribution in [0.5, 0.6) is 5.75 Å². The molecule has 108 valence electrons. The Morgan fingerprint density at radius 1 is 1.16 bits per heavy atom. The molecule has 0 radical (unpaired) electrons. The van der Waals surface area contributed by atoms with E-state index in [2.05, 4.69) is 52.8 Å². The van der Waals surface area contributed by atoms with Crippen molar-refractivity contribution in [2.45, 2.75) is 58.9 Å². The topological polar surface area (TPSA) is 35.2 Å². The second kappa shape index (κ2) is 6.42. The van der Waals surface area contributed by atoms with E-state index in [4.69, 9.17) is 10.5 Å². The summed E-state index contributed by atoms with van der Waals surface area (Å²) < 4.78 is 5.49. The minimum absolute atomic E-state index is 0.0484. The average molecular weight is 263 g/mol. The molecule has 0 bridgehead atoms. The Bertz CT molecular complexity index is 402. The molecule has 2 heteroatoms. The van der Waals surface area contributed by atoms with E-state index in [9.17, 15) is 0 Å². The Hall–Kier alpha value is -1.02. The van der Waals surface area contributed by atoms with Gasteiger partial charge >= 0.3 is 0 Å². The lowest BCUT2D eigenvalue weighted by molar-refractivity contribution is 0.370. The Labute approximate surface area is 118 Å². The molecule has 0 amide bonds. The first kappa shape index (κ1) is 16.0. The first-order chi connectivity index (χ1) is 8.85. The van der Waals surface area contributed by atoms with Crippen molar-refractivity contribution < 1.29 is 4.74 Å². The third-order valence-corrected chi connectivity index (χ3v) is 4.01. The van der Waals surface area contributed by atoms with Crippen LogP contribution in [-0.4, -0.2) is 7.11 Å². The molecule has 1 unspecified atom stereocenters. The van der Waals surface area contributed by atoms with Gasteiger partial charge in [0.2, 0.25) is 0 Å². The molecule has 0 aliphatic carbocycles. The van der Waals surface area contributed by atoms with Crippen molar-refractivity contribution in [2.75, 3.05) is 7.11 Å². The molecule has 1 atom stereocenters. The predicted molar refractivity (Wildman–Crippen MR) is 82.7 cm³/mol. The highest BCUT2D eigenvalue weighted by atomic mass is 16.5. The maximum Gasteiger partial charge on any atom is 0.123 e. The first-order valence-electron chi connectivity index (χ1n) is 7.29. The number of nitrogens with two attached hydrogens (primary N) is 1. The van der Waals surface area contributed by atoms with Gasteiger partial charge in [0, 0.05) is 11.6 Å². The summed E-state index contributed by atoms with van der Waals surface area (Å²) in [5.41, 5.74) is 9.05. The highest BCUT2D eigenvalue weighted by Gasteiger charge is 2.22. The molecule has 0 saturated carbocycles. The van der Waals surface area contributed by atoms with Gasteiger partial charge in [0.25, 0.3) is 0 Å². The summed E-state index contributed by atoms with van der Waals surface area (Å²) in [6.07, 6.45) is 2.20. The van der Waals surface area contributed by atoms with E-state index in [1.165, 1.54) is 5.56 Å². The molecule has 2 N–H and O–H groups in total. The molecule has 0 heterocycles. The van der Waals surface area contributed by atoms with E-state index in [1.807, 2.05) is 0 Å². The van der Waals surface area contributed by atoms with Gasteiger partial charge in [-0.2, -0.15) is 0 Å². The zero-order chi connectivity index (χ0) is 14.6. The molecule has 0 aliphatic heterocycles. The summed E-state index contributed by atoms with van der Waals surface area (Å²) in [6.45, 7) is 11.1. The largest absolute Gasteiger partial charge is 0.496 e. The smallest absolute Gasteiger partial charge is 0.123 e. The van der Waals surface area contributed by atoms with Crippen LogP contribution >= 0.6 is 0 Å². The van der Waals surface area contributed by atoms with Crippen molar-refractivity contribution >= 4 is 0 Å². The van der Waals surface area contributed by atoms with Crippen LogP contribution in [-0.2, 0) is 5.41 Å². The van der Waals surface area contributed by atoms with Gasteiger partial charge in [0.15, 0.2) is 0 Å². The lowest BCUT2D eigenvalue weighted by Gasteiger charge is -2.26. The van der Waals surface area contributed by atoms with Crippen LogP contribution < -0.4 is 10.5 Å². The van der Waals surface area contributed by atoms with Gasteiger partial charge in [-0.1, -0.05) is 53.5 Å². The lowest BCUT2D eigenvalue weighted by atomic mass is 9.82. The molecule has 1 rings (SSSR count). The number of ether oxygens (including phenoxy) is 1. The highest BCUT2D eigenvalue weighted by molar-refractivity contribution is 5.41. The molecular weight excluding hydrogens is 234 g/mol. The Kier molecular flexibility index (Phi) is 5.42. The molecule has 19 heavy (non-hydrogen) atoms.